The molecule has 0 saturated heterocycles. The van der Waals surface area contributed by atoms with Crippen LogP contribution in [0, 0.1) is 6.92 Å². The van der Waals surface area contributed by atoms with Crippen LogP contribution >= 0.6 is 22.7 Å². The zero-order valence-corrected chi connectivity index (χ0v) is 16.3. The van der Waals surface area contributed by atoms with Crippen LogP contribution in [-0.2, 0) is 6.42 Å². The molecule has 4 rings (SSSR count). The third-order valence-corrected chi connectivity index (χ3v) is 5.98. The Bertz CT molecular complexity index is 1050. The molecule has 0 radical (unpaired) electrons. The standard InChI is InChI=1S/C21H17N3OS2/c1-14-7-9-15(10-8-14)11-17-12-23-21(26-17)24-19(25)18-13-22-20(27-18)16-5-3-2-4-6-16/h2-10,12-13H,11H2,1H3,(H,23,24,25). The number of thiazole rings is 2. The highest BCUT2D eigenvalue weighted by molar-refractivity contribution is 7.17. The van der Waals surface area contributed by atoms with Crippen LogP contribution in [0.2, 0.25) is 0 Å². The highest BCUT2D eigenvalue weighted by Crippen LogP contribution is 2.26. The first-order chi connectivity index (χ1) is 13.2. The van der Waals surface area contributed by atoms with Crippen LogP contribution in [0.25, 0.3) is 10.6 Å². The largest absolute Gasteiger partial charge is 0.297 e. The quantitative estimate of drug-likeness (QED) is 0.494. The first-order valence-electron chi connectivity index (χ1n) is 8.50. The van der Waals surface area contributed by atoms with Gasteiger partial charge in [0.1, 0.15) is 9.88 Å². The summed E-state index contributed by atoms with van der Waals surface area (Å²) in [7, 11) is 0. The van der Waals surface area contributed by atoms with Gasteiger partial charge in [-0.05, 0) is 12.5 Å². The van der Waals surface area contributed by atoms with E-state index in [1.165, 1.54) is 33.8 Å². The van der Waals surface area contributed by atoms with E-state index in [0.29, 0.717) is 10.0 Å². The predicted molar refractivity (Wildman–Crippen MR) is 112 cm³/mol. The number of rotatable bonds is 5. The molecule has 0 spiro atoms. The van der Waals surface area contributed by atoms with E-state index in [4.69, 9.17) is 0 Å². The molecule has 0 saturated carbocycles. The Labute approximate surface area is 165 Å². The molecule has 27 heavy (non-hydrogen) atoms. The van der Waals surface area contributed by atoms with Crippen molar-refractivity contribution in [2.24, 2.45) is 0 Å². The summed E-state index contributed by atoms with van der Waals surface area (Å²) in [5.41, 5.74) is 3.49. The van der Waals surface area contributed by atoms with E-state index in [1.807, 2.05) is 36.5 Å². The first kappa shape index (κ1) is 17.6. The minimum atomic E-state index is -0.175. The van der Waals surface area contributed by atoms with E-state index < -0.39 is 0 Å². The molecule has 1 N–H and O–H groups in total. The number of aryl methyl sites for hydroxylation is 1. The molecule has 6 heteroatoms. The molecule has 0 bridgehead atoms. The van der Waals surface area contributed by atoms with Gasteiger partial charge in [0, 0.05) is 23.1 Å². The minimum Gasteiger partial charge on any atom is -0.297 e. The molecule has 2 aromatic carbocycles. The van der Waals surface area contributed by atoms with E-state index in [0.717, 1.165) is 21.9 Å². The summed E-state index contributed by atoms with van der Waals surface area (Å²) >= 11 is 2.88. The SMILES string of the molecule is Cc1ccc(Cc2cnc(NC(=O)c3cnc(-c4ccccc4)s3)s2)cc1. The fourth-order valence-corrected chi connectivity index (χ4v) is 4.26. The molecular weight excluding hydrogens is 374 g/mol. The van der Waals surface area contributed by atoms with Gasteiger partial charge in [-0.25, -0.2) is 9.97 Å². The van der Waals surface area contributed by atoms with Crippen LogP contribution in [-0.4, -0.2) is 15.9 Å². The second kappa shape index (κ2) is 7.82. The van der Waals surface area contributed by atoms with Crippen molar-refractivity contribution in [2.45, 2.75) is 13.3 Å². The topological polar surface area (TPSA) is 54.9 Å². The molecule has 2 aromatic heterocycles. The summed E-state index contributed by atoms with van der Waals surface area (Å²) in [5.74, 6) is -0.175. The lowest BCUT2D eigenvalue weighted by molar-refractivity contribution is 0.103. The van der Waals surface area contributed by atoms with Crippen molar-refractivity contribution in [3.8, 4) is 10.6 Å². The summed E-state index contributed by atoms with van der Waals surface area (Å²) in [5, 5.41) is 4.32. The van der Waals surface area contributed by atoms with Crippen LogP contribution in [0.3, 0.4) is 0 Å². The summed E-state index contributed by atoms with van der Waals surface area (Å²) in [6, 6.07) is 18.3. The lowest BCUT2D eigenvalue weighted by Crippen LogP contribution is -2.09. The Morgan fingerprint density at radius 3 is 2.52 bits per heavy atom. The number of hydrogen-bond acceptors (Lipinski definition) is 5. The maximum Gasteiger partial charge on any atom is 0.269 e. The van der Waals surface area contributed by atoms with E-state index >= 15 is 0 Å². The summed E-state index contributed by atoms with van der Waals surface area (Å²) in [4.78, 5) is 22.9. The summed E-state index contributed by atoms with van der Waals surface area (Å²) in [6.07, 6.45) is 4.25. The van der Waals surface area contributed by atoms with Gasteiger partial charge in [-0.2, -0.15) is 0 Å². The van der Waals surface area contributed by atoms with Crippen molar-refractivity contribution in [2.75, 3.05) is 5.32 Å². The molecule has 0 unspecified atom stereocenters. The molecule has 134 valence electrons. The molecule has 1 amide bonds. The Morgan fingerprint density at radius 2 is 1.74 bits per heavy atom. The third kappa shape index (κ3) is 4.30. The van der Waals surface area contributed by atoms with E-state index in [1.54, 1.807) is 6.20 Å². The lowest BCUT2D eigenvalue weighted by atomic mass is 10.1. The second-order valence-corrected chi connectivity index (χ2v) is 8.29. The molecule has 2 heterocycles. The van der Waals surface area contributed by atoms with Crippen LogP contribution in [0.4, 0.5) is 5.13 Å². The van der Waals surface area contributed by atoms with E-state index in [-0.39, 0.29) is 5.91 Å². The molecular formula is C21H17N3OS2. The zero-order valence-electron chi connectivity index (χ0n) is 14.7. The minimum absolute atomic E-state index is 0.175. The fraction of sp³-hybridized carbons (Fsp3) is 0.0952. The van der Waals surface area contributed by atoms with Crippen molar-refractivity contribution in [3.63, 3.8) is 0 Å². The highest BCUT2D eigenvalue weighted by Gasteiger charge is 2.14. The first-order valence-corrected chi connectivity index (χ1v) is 10.1. The monoisotopic (exact) mass is 391 g/mol. The molecule has 0 aliphatic rings. The van der Waals surface area contributed by atoms with Gasteiger partial charge in [-0.1, -0.05) is 60.2 Å². The number of carbonyl (C=O) groups is 1. The number of carbonyl (C=O) groups excluding carboxylic acids is 1. The number of nitrogens with one attached hydrogen (secondary N) is 1. The van der Waals surface area contributed by atoms with Crippen molar-refractivity contribution in [1.82, 2.24) is 9.97 Å². The van der Waals surface area contributed by atoms with Gasteiger partial charge in [0.2, 0.25) is 0 Å². The van der Waals surface area contributed by atoms with Gasteiger partial charge in [-0.3, -0.25) is 10.1 Å². The van der Waals surface area contributed by atoms with Gasteiger partial charge in [0.15, 0.2) is 5.13 Å². The third-order valence-electron chi connectivity index (χ3n) is 4.02. The van der Waals surface area contributed by atoms with Gasteiger partial charge in [0.05, 0.1) is 6.20 Å². The molecule has 0 fully saturated rings. The Morgan fingerprint density at radius 1 is 0.963 bits per heavy atom. The van der Waals surface area contributed by atoms with Gasteiger partial charge >= 0.3 is 0 Å². The maximum absolute atomic E-state index is 12.5. The average Bonchev–Trinajstić information content (AvgIpc) is 3.34. The average molecular weight is 392 g/mol. The molecule has 0 aliphatic heterocycles. The van der Waals surface area contributed by atoms with Gasteiger partial charge in [-0.15, -0.1) is 22.7 Å². The number of hydrogen-bond donors (Lipinski definition) is 1. The Kier molecular flexibility index (Phi) is 5.09. The zero-order chi connectivity index (χ0) is 18.6. The van der Waals surface area contributed by atoms with Crippen molar-refractivity contribution in [3.05, 3.63) is 87.9 Å². The van der Waals surface area contributed by atoms with Crippen LogP contribution in [0.15, 0.2) is 67.0 Å². The Hall–Kier alpha value is -2.83. The molecule has 4 nitrogen and oxygen atoms in total. The molecule has 4 aromatic rings. The van der Waals surface area contributed by atoms with E-state index in [2.05, 4.69) is 46.5 Å². The van der Waals surface area contributed by atoms with Crippen molar-refractivity contribution >= 4 is 33.7 Å². The molecule has 0 atom stereocenters. The van der Waals surface area contributed by atoms with Gasteiger partial charge < -0.3 is 0 Å². The maximum atomic E-state index is 12.5. The fourth-order valence-electron chi connectivity index (χ4n) is 2.61. The number of amides is 1. The lowest BCUT2D eigenvalue weighted by Gasteiger charge is -1.99. The Balaban J connectivity index is 1.42. The van der Waals surface area contributed by atoms with Crippen LogP contribution in [0.1, 0.15) is 25.7 Å². The van der Waals surface area contributed by atoms with Crippen molar-refractivity contribution < 1.29 is 4.79 Å². The van der Waals surface area contributed by atoms with E-state index in [9.17, 15) is 4.79 Å². The number of anilines is 1. The summed E-state index contributed by atoms with van der Waals surface area (Å²) < 4.78 is 0. The van der Waals surface area contributed by atoms with Crippen molar-refractivity contribution in [1.29, 1.82) is 0 Å². The number of aromatic nitrogens is 2. The van der Waals surface area contributed by atoms with Crippen LogP contribution in [0.5, 0.6) is 0 Å². The summed E-state index contributed by atoms with van der Waals surface area (Å²) in [6.45, 7) is 2.08. The van der Waals surface area contributed by atoms with Gasteiger partial charge in [0.25, 0.3) is 5.91 Å². The predicted octanol–water partition coefficient (Wildman–Crippen LogP) is 5.42. The molecule has 0 aliphatic carbocycles. The second-order valence-electron chi connectivity index (χ2n) is 6.14. The number of benzene rings is 2. The number of nitrogens with zero attached hydrogens (tertiary/aromatic N) is 2. The highest BCUT2D eigenvalue weighted by atomic mass is 32.1. The van der Waals surface area contributed by atoms with Crippen LogP contribution < -0.4 is 5.32 Å². The normalized spacial score (nSPS) is 10.7. The smallest absolute Gasteiger partial charge is 0.269 e.